The van der Waals surface area contributed by atoms with Gasteiger partial charge in [0.05, 0.1) is 23.6 Å². The van der Waals surface area contributed by atoms with Crippen molar-refractivity contribution in [2.75, 3.05) is 4.72 Å². The first-order valence-corrected chi connectivity index (χ1v) is 10.7. The lowest BCUT2D eigenvalue weighted by Crippen LogP contribution is -2.18. The molecule has 0 aliphatic rings. The summed E-state index contributed by atoms with van der Waals surface area (Å²) in [4.78, 5) is 26.7. The molecular weight excluding hydrogens is 440 g/mol. The highest BCUT2D eigenvalue weighted by molar-refractivity contribution is 7.91. The van der Waals surface area contributed by atoms with Gasteiger partial charge in [0.1, 0.15) is 11.5 Å². The maximum atomic E-state index is 15.1. The number of hydrogen-bond acceptors (Lipinski definition) is 5. The van der Waals surface area contributed by atoms with Crippen LogP contribution >= 0.6 is 0 Å². The number of hydrogen-bond donors (Lipinski definition) is 2. The number of benzene rings is 1. The number of halogens is 2. The fourth-order valence-corrected chi connectivity index (χ4v) is 4.31. The third-order valence-corrected chi connectivity index (χ3v) is 5.82. The number of pyridine rings is 2. The Kier molecular flexibility index (Phi) is 5.38. The van der Waals surface area contributed by atoms with E-state index in [-0.39, 0.29) is 22.3 Å². The largest absolute Gasteiger partial charge is 0.345 e. The summed E-state index contributed by atoms with van der Waals surface area (Å²) in [6.07, 6.45) is 5.34. The van der Waals surface area contributed by atoms with Crippen molar-refractivity contribution < 1.29 is 22.0 Å². The molecule has 2 N–H and O–H groups in total. The SMILES string of the molecule is [C-]#[N+]c1cnc2[nH]cc(C(=O)c3c(F)ccc(NS(=O)(=O)Cc4ccncc4)c3F)c2c1. The van der Waals surface area contributed by atoms with Crippen LogP contribution in [0.25, 0.3) is 15.9 Å². The zero-order valence-corrected chi connectivity index (χ0v) is 17.0. The normalized spacial score (nSPS) is 11.3. The lowest BCUT2D eigenvalue weighted by molar-refractivity contribution is 0.103. The average molecular weight is 453 g/mol. The van der Waals surface area contributed by atoms with Crippen molar-refractivity contribution in [3.05, 3.63) is 94.9 Å². The average Bonchev–Trinajstić information content (AvgIpc) is 3.19. The molecule has 0 unspecified atom stereocenters. The van der Waals surface area contributed by atoms with E-state index in [1.54, 1.807) is 0 Å². The highest BCUT2D eigenvalue weighted by Gasteiger charge is 2.26. The van der Waals surface area contributed by atoms with Gasteiger partial charge in [-0.15, -0.1) is 0 Å². The predicted molar refractivity (Wildman–Crippen MR) is 113 cm³/mol. The third-order valence-electron chi connectivity index (χ3n) is 4.58. The first-order chi connectivity index (χ1) is 15.3. The zero-order chi connectivity index (χ0) is 22.9. The van der Waals surface area contributed by atoms with Crippen LogP contribution in [0.5, 0.6) is 0 Å². The van der Waals surface area contributed by atoms with Gasteiger partial charge in [0.15, 0.2) is 5.82 Å². The first kappa shape index (κ1) is 21.1. The van der Waals surface area contributed by atoms with Crippen molar-refractivity contribution in [2.45, 2.75) is 5.75 Å². The second-order valence-corrected chi connectivity index (χ2v) is 8.46. The Morgan fingerprint density at radius 1 is 1.19 bits per heavy atom. The number of carbonyl (C=O) groups is 1. The number of anilines is 1. The van der Waals surface area contributed by atoms with Crippen LogP contribution in [-0.4, -0.2) is 29.2 Å². The number of aromatic nitrogens is 3. The summed E-state index contributed by atoms with van der Waals surface area (Å²) in [6, 6.07) is 6.04. The van der Waals surface area contributed by atoms with Gasteiger partial charge in [0, 0.05) is 35.7 Å². The van der Waals surface area contributed by atoms with E-state index in [2.05, 4.69) is 24.5 Å². The van der Waals surface area contributed by atoms with Crippen molar-refractivity contribution in [1.82, 2.24) is 15.0 Å². The van der Waals surface area contributed by atoms with E-state index in [1.165, 1.54) is 43.0 Å². The molecule has 0 amide bonds. The first-order valence-electron chi connectivity index (χ1n) is 9.06. The van der Waals surface area contributed by atoms with Gasteiger partial charge in [-0.3, -0.25) is 19.5 Å². The van der Waals surface area contributed by atoms with Crippen LogP contribution in [0.15, 0.2) is 55.1 Å². The minimum absolute atomic E-state index is 0.104. The summed E-state index contributed by atoms with van der Waals surface area (Å²) in [7, 11) is -4.06. The lowest BCUT2D eigenvalue weighted by Gasteiger charge is -2.12. The number of H-pyrrole nitrogens is 1. The number of aromatic amines is 1. The Morgan fingerprint density at radius 3 is 2.66 bits per heavy atom. The number of nitrogens with one attached hydrogen (secondary N) is 2. The Hall–Kier alpha value is -4.17. The molecule has 160 valence electrons. The van der Waals surface area contributed by atoms with Gasteiger partial charge in [0.25, 0.3) is 0 Å². The minimum Gasteiger partial charge on any atom is -0.345 e. The summed E-state index contributed by atoms with van der Waals surface area (Å²) >= 11 is 0. The molecule has 4 rings (SSSR count). The van der Waals surface area contributed by atoms with Crippen molar-refractivity contribution in [2.24, 2.45) is 0 Å². The van der Waals surface area contributed by atoms with Crippen molar-refractivity contribution in [3.63, 3.8) is 0 Å². The Labute approximate surface area is 180 Å². The van der Waals surface area contributed by atoms with Gasteiger partial charge in [-0.1, -0.05) is 0 Å². The molecule has 0 aliphatic carbocycles. The summed E-state index contributed by atoms with van der Waals surface area (Å²) in [5.74, 6) is -4.00. The molecule has 0 fully saturated rings. The molecule has 0 saturated carbocycles. The van der Waals surface area contributed by atoms with Crippen LogP contribution in [0.1, 0.15) is 21.5 Å². The molecule has 32 heavy (non-hydrogen) atoms. The molecule has 8 nitrogen and oxygen atoms in total. The van der Waals surface area contributed by atoms with Crippen molar-refractivity contribution in [1.29, 1.82) is 0 Å². The molecule has 3 heterocycles. The second-order valence-electron chi connectivity index (χ2n) is 6.73. The number of ketones is 1. The van der Waals surface area contributed by atoms with Gasteiger partial charge < -0.3 is 4.98 Å². The van der Waals surface area contributed by atoms with E-state index in [4.69, 9.17) is 6.57 Å². The van der Waals surface area contributed by atoms with Crippen LogP contribution < -0.4 is 4.72 Å². The monoisotopic (exact) mass is 453 g/mol. The van der Waals surface area contributed by atoms with Crippen LogP contribution in [0.4, 0.5) is 20.2 Å². The van der Waals surface area contributed by atoms with Crippen molar-refractivity contribution >= 4 is 38.2 Å². The van der Waals surface area contributed by atoms with Gasteiger partial charge in [-0.25, -0.2) is 22.0 Å². The predicted octanol–water partition coefficient (Wildman–Crippen LogP) is 3.96. The van der Waals surface area contributed by atoms with E-state index in [0.717, 1.165) is 12.1 Å². The summed E-state index contributed by atoms with van der Waals surface area (Å²) in [5.41, 5.74) is -0.784. The lowest BCUT2D eigenvalue weighted by atomic mass is 10.0. The van der Waals surface area contributed by atoms with Crippen LogP contribution in [-0.2, 0) is 15.8 Å². The van der Waals surface area contributed by atoms with Gasteiger partial charge >= 0.3 is 0 Å². The quantitative estimate of drug-likeness (QED) is 0.339. The smallest absolute Gasteiger partial charge is 0.237 e. The van der Waals surface area contributed by atoms with Gasteiger partial charge in [-0.05, 0) is 35.9 Å². The number of carbonyl (C=O) groups excluding carboxylic acids is 1. The number of nitrogens with zero attached hydrogens (tertiary/aromatic N) is 3. The number of sulfonamides is 1. The molecule has 4 aromatic rings. The molecule has 0 spiro atoms. The zero-order valence-electron chi connectivity index (χ0n) is 16.1. The Bertz CT molecular complexity index is 1500. The minimum atomic E-state index is -4.06. The highest BCUT2D eigenvalue weighted by atomic mass is 32.2. The molecule has 0 bridgehead atoms. The van der Waals surface area contributed by atoms with Gasteiger partial charge in [0.2, 0.25) is 21.5 Å². The van der Waals surface area contributed by atoms with E-state index < -0.39 is 44.4 Å². The number of fused-ring (bicyclic) bond motifs is 1. The Balaban J connectivity index is 1.71. The molecule has 0 aliphatic heterocycles. The van der Waals surface area contributed by atoms with Crippen molar-refractivity contribution in [3.8, 4) is 0 Å². The number of rotatable bonds is 6. The molecule has 11 heteroatoms. The fraction of sp³-hybridized carbons (Fsp3) is 0.0476. The maximum Gasteiger partial charge on any atom is 0.237 e. The molecule has 0 saturated heterocycles. The van der Waals surface area contributed by atoms with E-state index in [0.29, 0.717) is 5.56 Å². The van der Waals surface area contributed by atoms with E-state index >= 15 is 4.39 Å². The summed E-state index contributed by atoms with van der Waals surface area (Å²) in [5, 5.41) is 0.214. The van der Waals surface area contributed by atoms with Crippen LogP contribution in [0.3, 0.4) is 0 Å². The maximum absolute atomic E-state index is 15.1. The fourth-order valence-electron chi connectivity index (χ4n) is 3.12. The molecule has 0 radical (unpaired) electrons. The Morgan fingerprint density at radius 2 is 1.94 bits per heavy atom. The van der Waals surface area contributed by atoms with E-state index in [1.807, 2.05) is 0 Å². The van der Waals surface area contributed by atoms with Gasteiger partial charge in [-0.2, -0.15) is 0 Å². The second kappa shape index (κ2) is 8.16. The molecule has 3 aromatic heterocycles. The van der Waals surface area contributed by atoms with E-state index in [9.17, 15) is 17.6 Å². The van der Waals surface area contributed by atoms with Crippen LogP contribution in [0, 0.1) is 18.2 Å². The van der Waals surface area contributed by atoms with Crippen LogP contribution in [0.2, 0.25) is 0 Å². The standard InChI is InChI=1S/C21H13F2N5O3S/c1-24-13-8-14-15(10-27-21(14)26-9-13)20(29)18-16(22)2-3-17(19(18)23)28-32(30,31)11-12-4-6-25-7-5-12/h2-10,28H,11H2,(H,26,27). The molecule has 1 aromatic carbocycles. The molecular formula is C21H13F2N5O3S. The highest BCUT2D eigenvalue weighted by Crippen LogP contribution is 2.29. The topological polar surface area (TPSA) is 109 Å². The molecule has 0 atom stereocenters. The summed E-state index contributed by atoms with van der Waals surface area (Å²) in [6.45, 7) is 7.08. The summed E-state index contributed by atoms with van der Waals surface area (Å²) < 4.78 is 56.5. The third kappa shape index (κ3) is 4.03.